The third kappa shape index (κ3) is 1280. The third-order valence-corrected chi connectivity index (χ3v) is 1.12. The van der Waals surface area contributed by atoms with E-state index in [0.717, 1.165) is 67.7 Å². The topological polar surface area (TPSA) is 300 Å². The standard InChI is InChI=1S/C6H18N4.6C2H4O2.Na/c7-1-3-9-5-6-10-4-2-8;6*1-2(3)4;/h9-10H,1-8H2;6*1H3,(H,3,4);. The van der Waals surface area contributed by atoms with Gasteiger partial charge in [-0.15, -0.1) is 0 Å². The number of carboxylic acid groups (broad SMARTS) is 6. The predicted octanol–water partition coefficient (Wildman–Crippen LogP) is -1.75. The van der Waals surface area contributed by atoms with E-state index in [9.17, 15) is 0 Å². The third-order valence-electron chi connectivity index (χ3n) is 1.12. The van der Waals surface area contributed by atoms with E-state index in [-0.39, 0.29) is 29.6 Å². The molecule has 17 heteroatoms. The molecule has 0 aliphatic heterocycles. The number of nitrogens with two attached hydrogens (primary N) is 2. The summed E-state index contributed by atoms with van der Waals surface area (Å²) in [5.74, 6) is -5.00. The van der Waals surface area contributed by atoms with Gasteiger partial charge in [0.25, 0.3) is 35.8 Å². The van der Waals surface area contributed by atoms with E-state index in [1.54, 1.807) is 0 Å². The maximum atomic E-state index is 9.00. The van der Waals surface area contributed by atoms with Crippen molar-refractivity contribution in [3.63, 3.8) is 0 Å². The van der Waals surface area contributed by atoms with Crippen molar-refractivity contribution in [3.8, 4) is 0 Å². The van der Waals surface area contributed by atoms with Crippen LogP contribution in [0.1, 0.15) is 41.5 Å². The van der Waals surface area contributed by atoms with Gasteiger partial charge >= 0.3 is 0 Å². The summed E-state index contributed by atoms with van der Waals surface area (Å²) in [6, 6.07) is 0. The Hall–Kier alpha value is -2.34. The number of rotatable bonds is 7. The summed E-state index contributed by atoms with van der Waals surface area (Å²) >= 11 is 0. The van der Waals surface area contributed by atoms with Crippen LogP contribution in [0.5, 0.6) is 0 Å². The van der Waals surface area contributed by atoms with E-state index in [4.69, 9.17) is 70.9 Å². The van der Waals surface area contributed by atoms with Crippen molar-refractivity contribution in [1.29, 1.82) is 0 Å². The minimum absolute atomic E-state index is 0. The fraction of sp³-hybridized carbons (Fsp3) is 0.667. The summed E-state index contributed by atoms with van der Waals surface area (Å²) in [4.78, 5) is 54.0. The largest absolute Gasteiger partial charge is 0.481 e. The van der Waals surface area contributed by atoms with Crippen LogP contribution in [0.3, 0.4) is 0 Å². The summed E-state index contributed by atoms with van der Waals surface area (Å²) in [7, 11) is 0. The smallest absolute Gasteiger partial charge is 0.300 e. The van der Waals surface area contributed by atoms with Crippen LogP contribution in [0.25, 0.3) is 0 Å². The normalized spacial score (nSPS) is 7.20. The van der Waals surface area contributed by atoms with Gasteiger partial charge < -0.3 is 52.7 Å². The van der Waals surface area contributed by atoms with Crippen molar-refractivity contribution in [1.82, 2.24) is 10.6 Å². The minimum atomic E-state index is -0.833. The molecule has 0 fully saturated rings. The van der Waals surface area contributed by atoms with Crippen molar-refractivity contribution < 1.29 is 59.4 Å². The van der Waals surface area contributed by atoms with Gasteiger partial charge in [0.2, 0.25) is 0 Å². The molecule has 0 aliphatic carbocycles. The van der Waals surface area contributed by atoms with Crippen molar-refractivity contribution in [3.05, 3.63) is 0 Å². The van der Waals surface area contributed by atoms with Crippen LogP contribution < -0.4 is 22.1 Å². The Kier molecular flexibility index (Phi) is 81.8. The quantitative estimate of drug-likeness (QED) is 0.129. The molecule has 0 aromatic rings. The first-order valence-corrected chi connectivity index (χ1v) is 9.30. The fourth-order valence-electron chi connectivity index (χ4n) is 0.631. The molecule has 0 amide bonds. The molecule has 0 bridgehead atoms. The van der Waals surface area contributed by atoms with Crippen molar-refractivity contribution in [2.24, 2.45) is 11.5 Å². The summed E-state index contributed by atoms with van der Waals surface area (Å²) < 4.78 is 0. The average Bonchev–Trinajstić information content (AvgIpc) is 2.55. The van der Waals surface area contributed by atoms with Crippen LogP contribution in [0.4, 0.5) is 0 Å². The van der Waals surface area contributed by atoms with Crippen LogP contribution in [0, 0.1) is 0 Å². The summed E-state index contributed by atoms with van der Waals surface area (Å²) in [5, 5.41) is 50.8. The van der Waals surface area contributed by atoms with Crippen molar-refractivity contribution >= 4 is 65.4 Å². The first-order valence-electron chi connectivity index (χ1n) is 9.30. The molecule has 0 heterocycles. The Morgan fingerprint density at radius 3 is 0.657 bits per heavy atom. The zero-order chi connectivity index (χ0) is 29.1. The molecule has 16 nitrogen and oxygen atoms in total. The second kappa shape index (κ2) is 53.2. The zero-order valence-corrected chi connectivity index (χ0v) is 23.5. The van der Waals surface area contributed by atoms with E-state index < -0.39 is 35.8 Å². The average molecular weight is 530 g/mol. The maximum Gasteiger partial charge on any atom is 0.300 e. The Balaban J connectivity index is -0.0000000423. The molecule has 12 N–H and O–H groups in total. The van der Waals surface area contributed by atoms with Crippen LogP contribution >= 0.6 is 0 Å². The summed E-state index contributed by atoms with van der Waals surface area (Å²) in [5.41, 5.74) is 10.5. The van der Waals surface area contributed by atoms with E-state index in [2.05, 4.69) is 10.6 Å². The van der Waals surface area contributed by atoms with Gasteiger partial charge in [-0.2, -0.15) is 0 Å². The number of carbonyl (C=O) groups is 6. The van der Waals surface area contributed by atoms with E-state index in [0.29, 0.717) is 13.1 Å². The molecule has 0 atom stereocenters. The van der Waals surface area contributed by atoms with E-state index in [1.165, 1.54) is 0 Å². The summed E-state index contributed by atoms with van der Waals surface area (Å²) in [6.07, 6.45) is 0. The molecule has 1 radical (unpaired) electrons. The molecule has 0 saturated heterocycles. The van der Waals surface area contributed by atoms with Gasteiger partial charge in [0.1, 0.15) is 0 Å². The maximum absolute atomic E-state index is 9.00. The van der Waals surface area contributed by atoms with Gasteiger partial charge in [0.05, 0.1) is 0 Å². The van der Waals surface area contributed by atoms with Gasteiger partial charge in [-0.05, 0) is 0 Å². The van der Waals surface area contributed by atoms with Crippen LogP contribution in [0.2, 0.25) is 0 Å². The molecular formula is C18H42N4NaO12. The number of hydrogen-bond donors (Lipinski definition) is 10. The molecule has 0 aromatic carbocycles. The number of nitrogens with one attached hydrogen (secondary N) is 2. The monoisotopic (exact) mass is 529 g/mol. The molecule has 35 heavy (non-hydrogen) atoms. The SMILES string of the molecule is CC(=O)O.CC(=O)O.CC(=O)O.CC(=O)O.CC(=O)O.CC(=O)O.NCCNCCNCCN.[Na]. The van der Waals surface area contributed by atoms with Crippen LogP contribution in [-0.2, 0) is 28.8 Å². The van der Waals surface area contributed by atoms with E-state index >= 15 is 0 Å². The molecule has 0 aliphatic rings. The number of carboxylic acids is 6. The number of aliphatic carboxylic acids is 6. The van der Waals surface area contributed by atoms with Gasteiger partial charge in [0.15, 0.2) is 0 Å². The molecule has 0 aromatic heterocycles. The molecule has 0 rings (SSSR count). The van der Waals surface area contributed by atoms with Gasteiger partial charge in [-0.1, -0.05) is 0 Å². The number of hydrogen-bond acceptors (Lipinski definition) is 10. The van der Waals surface area contributed by atoms with Crippen molar-refractivity contribution in [2.45, 2.75) is 41.5 Å². The summed E-state index contributed by atoms with van der Waals surface area (Å²) in [6.45, 7) is 11.6. The second-order valence-corrected chi connectivity index (χ2v) is 5.19. The van der Waals surface area contributed by atoms with E-state index in [1.807, 2.05) is 0 Å². The fourth-order valence-corrected chi connectivity index (χ4v) is 0.631. The minimum Gasteiger partial charge on any atom is -0.481 e. The van der Waals surface area contributed by atoms with Crippen LogP contribution in [0.15, 0.2) is 0 Å². The van der Waals surface area contributed by atoms with Crippen molar-refractivity contribution in [2.75, 3.05) is 39.3 Å². The molecule has 0 unspecified atom stereocenters. The Bertz CT molecular complexity index is 385. The Morgan fingerprint density at radius 1 is 0.457 bits per heavy atom. The first kappa shape index (κ1) is 53.8. The van der Waals surface area contributed by atoms with Gasteiger partial charge in [-0.3, -0.25) is 28.8 Å². The zero-order valence-electron chi connectivity index (χ0n) is 21.5. The molecule has 207 valence electrons. The Labute approximate surface area is 227 Å². The van der Waals surface area contributed by atoms with Gasteiger partial charge in [0, 0.05) is 110 Å². The molecular weight excluding hydrogens is 487 g/mol. The Morgan fingerprint density at radius 2 is 0.571 bits per heavy atom. The molecule has 0 spiro atoms. The first-order chi connectivity index (χ1) is 15.3. The van der Waals surface area contributed by atoms with Gasteiger partial charge in [-0.25, -0.2) is 0 Å². The second-order valence-electron chi connectivity index (χ2n) is 5.19. The predicted molar refractivity (Wildman–Crippen MR) is 129 cm³/mol. The molecule has 0 saturated carbocycles. The van der Waals surface area contributed by atoms with Crippen LogP contribution in [-0.4, -0.2) is 135 Å².